The van der Waals surface area contributed by atoms with Crippen molar-refractivity contribution in [1.29, 1.82) is 0 Å². The summed E-state index contributed by atoms with van der Waals surface area (Å²) >= 11 is 0. The third-order valence-electron chi connectivity index (χ3n) is 6.42. The van der Waals surface area contributed by atoms with Gasteiger partial charge in [-0.05, 0) is 52.4 Å². The molecule has 5 nitrogen and oxygen atoms in total. The number of alkyl halides is 1. The Labute approximate surface area is 142 Å². The van der Waals surface area contributed by atoms with Gasteiger partial charge in [-0.25, -0.2) is 4.39 Å². The Kier molecular flexibility index (Phi) is 3.71. The maximum absolute atomic E-state index is 14.5. The number of aromatic nitrogens is 1. The molecule has 1 aromatic rings. The van der Waals surface area contributed by atoms with E-state index in [0.717, 1.165) is 55.8 Å². The minimum absolute atomic E-state index is 0.0180. The first kappa shape index (κ1) is 16.1. The lowest BCUT2D eigenvalue weighted by atomic mass is 9.75. The van der Waals surface area contributed by atoms with E-state index in [2.05, 4.69) is 10.1 Å². The van der Waals surface area contributed by atoms with Gasteiger partial charge in [-0.1, -0.05) is 5.16 Å². The van der Waals surface area contributed by atoms with Crippen LogP contribution in [0.4, 0.5) is 4.39 Å². The molecule has 0 unspecified atom stereocenters. The average molecular weight is 335 g/mol. The molecule has 2 saturated heterocycles. The molecule has 4 rings (SSSR count). The fourth-order valence-electron chi connectivity index (χ4n) is 4.48. The van der Waals surface area contributed by atoms with E-state index < -0.39 is 5.67 Å². The summed E-state index contributed by atoms with van der Waals surface area (Å²) in [4.78, 5) is 16.8. The third-order valence-corrected chi connectivity index (χ3v) is 6.42. The van der Waals surface area contributed by atoms with Crippen LogP contribution in [-0.2, 0) is 11.3 Å². The summed E-state index contributed by atoms with van der Waals surface area (Å²) in [6, 6.07) is 0. The molecular weight excluding hydrogens is 309 g/mol. The summed E-state index contributed by atoms with van der Waals surface area (Å²) in [5, 5.41) is 4.04. The molecule has 24 heavy (non-hydrogen) atoms. The molecule has 1 amide bonds. The second-order valence-corrected chi connectivity index (χ2v) is 7.85. The number of rotatable bonds is 3. The van der Waals surface area contributed by atoms with E-state index in [1.165, 1.54) is 0 Å². The van der Waals surface area contributed by atoms with Crippen LogP contribution in [0.1, 0.15) is 55.5 Å². The van der Waals surface area contributed by atoms with Crippen LogP contribution in [0.25, 0.3) is 0 Å². The molecule has 3 heterocycles. The Balaban J connectivity index is 1.47. The molecule has 0 bridgehead atoms. The number of likely N-dealkylation sites (tertiary alicyclic amines) is 2. The second-order valence-electron chi connectivity index (χ2n) is 7.85. The number of aryl methyl sites for hydroxylation is 2. The first-order chi connectivity index (χ1) is 11.4. The zero-order valence-electron chi connectivity index (χ0n) is 14.6. The molecular formula is C18H26FN3O2. The van der Waals surface area contributed by atoms with E-state index in [1.807, 2.05) is 13.8 Å². The molecule has 0 N–H and O–H groups in total. The highest BCUT2D eigenvalue weighted by Crippen LogP contribution is 2.43. The summed E-state index contributed by atoms with van der Waals surface area (Å²) in [6.07, 6.45) is 4.76. The van der Waals surface area contributed by atoms with Gasteiger partial charge in [-0.15, -0.1) is 0 Å². The number of carbonyl (C=O) groups is 1. The van der Waals surface area contributed by atoms with E-state index >= 15 is 0 Å². The van der Waals surface area contributed by atoms with Crippen LogP contribution in [0.3, 0.4) is 0 Å². The quantitative estimate of drug-likeness (QED) is 0.852. The summed E-state index contributed by atoms with van der Waals surface area (Å²) < 4.78 is 19.8. The van der Waals surface area contributed by atoms with Crippen molar-refractivity contribution in [2.75, 3.05) is 19.6 Å². The van der Waals surface area contributed by atoms with E-state index in [4.69, 9.17) is 4.52 Å². The second kappa shape index (κ2) is 5.55. The van der Waals surface area contributed by atoms with Crippen molar-refractivity contribution in [3.8, 4) is 0 Å². The average Bonchev–Trinajstić information content (AvgIpc) is 2.87. The molecule has 0 radical (unpaired) electrons. The Hall–Kier alpha value is -1.43. The summed E-state index contributed by atoms with van der Waals surface area (Å²) in [7, 11) is 0. The molecule has 6 heteroatoms. The number of carbonyl (C=O) groups excluding carboxylic acids is 1. The monoisotopic (exact) mass is 335 g/mol. The van der Waals surface area contributed by atoms with E-state index in [0.29, 0.717) is 25.9 Å². The van der Waals surface area contributed by atoms with Crippen LogP contribution in [0.15, 0.2) is 4.52 Å². The largest absolute Gasteiger partial charge is 0.361 e. The number of hydrogen-bond acceptors (Lipinski definition) is 4. The third kappa shape index (κ3) is 2.38. The van der Waals surface area contributed by atoms with Crippen LogP contribution < -0.4 is 0 Å². The van der Waals surface area contributed by atoms with E-state index in [-0.39, 0.29) is 11.4 Å². The molecule has 3 fully saturated rings. The van der Waals surface area contributed by atoms with Gasteiger partial charge in [0.05, 0.1) is 5.69 Å². The van der Waals surface area contributed by atoms with Crippen molar-refractivity contribution in [1.82, 2.24) is 15.0 Å². The van der Waals surface area contributed by atoms with Crippen molar-refractivity contribution in [3.05, 3.63) is 17.0 Å². The highest BCUT2D eigenvalue weighted by molar-refractivity contribution is 5.86. The number of amides is 1. The van der Waals surface area contributed by atoms with Crippen molar-refractivity contribution < 1.29 is 13.7 Å². The number of piperidine rings is 1. The normalized spacial score (nSPS) is 29.4. The highest BCUT2D eigenvalue weighted by atomic mass is 19.1. The Morgan fingerprint density at radius 1 is 1.21 bits per heavy atom. The van der Waals surface area contributed by atoms with Crippen molar-refractivity contribution >= 4 is 5.91 Å². The van der Waals surface area contributed by atoms with Gasteiger partial charge in [0, 0.05) is 37.3 Å². The fourth-order valence-corrected chi connectivity index (χ4v) is 4.48. The van der Waals surface area contributed by atoms with Crippen LogP contribution in [0.5, 0.6) is 0 Å². The lowest BCUT2D eigenvalue weighted by Gasteiger charge is -2.57. The minimum atomic E-state index is -1.57. The smallest absolute Gasteiger partial charge is 0.260 e. The van der Waals surface area contributed by atoms with Crippen LogP contribution in [-0.4, -0.2) is 51.7 Å². The summed E-state index contributed by atoms with van der Waals surface area (Å²) in [5.74, 6) is 0.604. The zero-order valence-corrected chi connectivity index (χ0v) is 14.6. The van der Waals surface area contributed by atoms with Crippen LogP contribution >= 0.6 is 0 Å². The lowest BCUT2D eigenvalue weighted by molar-refractivity contribution is -0.158. The van der Waals surface area contributed by atoms with Crippen molar-refractivity contribution in [2.24, 2.45) is 0 Å². The van der Waals surface area contributed by atoms with Crippen LogP contribution in [0.2, 0.25) is 0 Å². The van der Waals surface area contributed by atoms with Gasteiger partial charge in [-0.2, -0.15) is 0 Å². The molecule has 1 aliphatic carbocycles. The maximum Gasteiger partial charge on any atom is 0.260 e. The highest BCUT2D eigenvalue weighted by Gasteiger charge is 2.52. The predicted molar refractivity (Wildman–Crippen MR) is 87.2 cm³/mol. The SMILES string of the molecule is Cc1noc(C)c1CN1CC[C@]12CCCN(C(=O)C1(F)CCC1)C2. The Morgan fingerprint density at radius 2 is 2.00 bits per heavy atom. The first-order valence-corrected chi connectivity index (χ1v) is 9.09. The van der Waals surface area contributed by atoms with Crippen molar-refractivity contribution in [2.45, 2.75) is 70.1 Å². The van der Waals surface area contributed by atoms with Gasteiger partial charge in [0.1, 0.15) is 5.76 Å². The first-order valence-electron chi connectivity index (χ1n) is 9.09. The number of hydrogen-bond donors (Lipinski definition) is 0. The van der Waals surface area contributed by atoms with Gasteiger partial charge in [-0.3, -0.25) is 9.69 Å². The van der Waals surface area contributed by atoms with Gasteiger partial charge in [0.25, 0.3) is 5.91 Å². The molecule has 1 saturated carbocycles. The predicted octanol–water partition coefficient (Wildman–Crippen LogP) is 2.75. The summed E-state index contributed by atoms with van der Waals surface area (Å²) in [5.41, 5.74) is 0.535. The number of halogens is 1. The van der Waals surface area contributed by atoms with Crippen LogP contribution in [0, 0.1) is 13.8 Å². The van der Waals surface area contributed by atoms with E-state index in [1.54, 1.807) is 4.90 Å². The van der Waals surface area contributed by atoms with E-state index in [9.17, 15) is 9.18 Å². The summed E-state index contributed by atoms with van der Waals surface area (Å²) in [6.45, 7) is 7.11. The molecule has 132 valence electrons. The molecule has 1 aromatic heterocycles. The molecule has 1 spiro atoms. The molecule has 3 aliphatic rings. The Bertz CT molecular complexity index is 635. The van der Waals surface area contributed by atoms with Gasteiger partial charge in [0.2, 0.25) is 0 Å². The van der Waals surface area contributed by atoms with Gasteiger partial charge >= 0.3 is 0 Å². The molecule has 2 aliphatic heterocycles. The van der Waals surface area contributed by atoms with Crippen molar-refractivity contribution in [3.63, 3.8) is 0 Å². The Morgan fingerprint density at radius 3 is 2.54 bits per heavy atom. The fraction of sp³-hybridized carbons (Fsp3) is 0.778. The molecule has 0 aromatic carbocycles. The topological polar surface area (TPSA) is 49.6 Å². The minimum Gasteiger partial charge on any atom is -0.361 e. The van der Waals surface area contributed by atoms with Gasteiger partial charge in [0.15, 0.2) is 5.67 Å². The maximum atomic E-state index is 14.5. The molecule has 1 atom stereocenters. The zero-order chi connectivity index (χ0) is 16.9. The number of nitrogens with zero attached hydrogens (tertiary/aromatic N) is 3. The standard InChI is InChI=1S/C18H26FN3O2/c1-13-15(14(2)24-20-13)11-22-10-8-17(22)5-4-9-21(12-17)16(23)18(19)6-3-7-18/h3-12H2,1-2H3/t17-/m0/s1. The lowest BCUT2D eigenvalue weighted by Crippen LogP contribution is -2.68. The van der Waals surface area contributed by atoms with Gasteiger partial charge < -0.3 is 9.42 Å².